The van der Waals surface area contributed by atoms with Crippen molar-refractivity contribution in [3.05, 3.63) is 29.8 Å². The van der Waals surface area contributed by atoms with Gasteiger partial charge in [0, 0.05) is 6.54 Å². The van der Waals surface area contributed by atoms with Gasteiger partial charge in [-0.05, 0) is 36.6 Å². The van der Waals surface area contributed by atoms with Crippen LogP contribution in [0.15, 0.2) is 29.2 Å². The molecule has 0 aliphatic heterocycles. The lowest BCUT2D eigenvalue weighted by Crippen LogP contribution is -2.29. The Morgan fingerprint density at radius 3 is 2.21 bits per heavy atom. The molecule has 0 saturated carbocycles. The quantitative estimate of drug-likeness (QED) is 0.766. The maximum Gasteiger partial charge on any atom is 0.240 e. The third-order valence-electron chi connectivity index (χ3n) is 3.38. The summed E-state index contributed by atoms with van der Waals surface area (Å²) in [6.07, 6.45) is 2.73. The number of sulfonamides is 1. The van der Waals surface area contributed by atoms with E-state index >= 15 is 0 Å². The first kappa shape index (κ1) is 16.1. The van der Waals surface area contributed by atoms with Gasteiger partial charge in [0.25, 0.3) is 0 Å². The second-order valence-electron chi connectivity index (χ2n) is 4.72. The summed E-state index contributed by atoms with van der Waals surface area (Å²) in [5.41, 5.74) is 6.52. The molecule has 0 spiro atoms. The molecule has 0 aliphatic carbocycles. The van der Waals surface area contributed by atoms with E-state index in [0.29, 0.717) is 23.9 Å². The highest BCUT2D eigenvalue weighted by molar-refractivity contribution is 7.89. The predicted octanol–water partition coefficient (Wildman–Crippen LogP) is 1.90. The van der Waals surface area contributed by atoms with E-state index in [2.05, 4.69) is 18.6 Å². The van der Waals surface area contributed by atoms with Gasteiger partial charge in [0.15, 0.2) is 0 Å². The first-order valence-electron chi connectivity index (χ1n) is 6.82. The first-order valence-corrected chi connectivity index (χ1v) is 8.30. The summed E-state index contributed by atoms with van der Waals surface area (Å²) in [4.78, 5) is 0.319. The molecule has 3 N–H and O–H groups in total. The molecular weight excluding hydrogens is 260 g/mol. The Balaban J connectivity index is 2.71. The van der Waals surface area contributed by atoms with Crippen molar-refractivity contribution >= 4 is 10.0 Å². The van der Waals surface area contributed by atoms with Gasteiger partial charge in [0.05, 0.1) is 4.90 Å². The average Bonchev–Trinajstić information content (AvgIpc) is 2.41. The summed E-state index contributed by atoms with van der Waals surface area (Å²) in [5.74, 6) is 0.395. The SMILES string of the molecule is CCC(CC)CNS(=O)(=O)c1ccc(CCN)cc1. The molecule has 0 unspecified atom stereocenters. The van der Waals surface area contributed by atoms with Crippen LogP contribution in [0.25, 0.3) is 0 Å². The minimum atomic E-state index is -3.39. The molecule has 1 aromatic carbocycles. The molecule has 0 saturated heterocycles. The monoisotopic (exact) mass is 284 g/mol. The van der Waals surface area contributed by atoms with E-state index in [4.69, 9.17) is 5.73 Å². The molecule has 108 valence electrons. The summed E-state index contributed by atoms with van der Waals surface area (Å²) in [7, 11) is -3.39. The minimum absolute atomic E-state index is 0.319. The van der Waals surface area contributed by atoms with Crippen LogP contribution in [0, 0.1) is 5.92 Å². The zero-order chi connectivity index (χ0) is 14.3. The van der Waals surface area contributed by atoms with E-state index in [9.17, 15) is 8.42 Å². The summed E-state index contributed by atoms with van der Waals surface area (Å²) < 4.78 is 26.9. The van der Waals surface area contributed by atoms with Crippen molar-refractivity contribution in [3.63, 3.8) is 0 Å². The van der Waals surface area contributed by atoms with Gasteiger partial charge in [0.1, 0.15) is 0 Å². The van der Waals surface area contributed by atoms with Crippen molar-refractivity contribution in [1.82, 2.24) is 4.72 Å². The lowest BCUT2D eigenvalue weighted by atomic mass is 10.0. The van der Waals surface area contributed by atoms with Crippen LogP contribution < -0.4 is 10.5 Å². The minimum Gasteiger partial charge on any atom is -0.330 e. The summed E-state index contributed by atoms with van der Waals surface area (Å²) >= 11 is 0. The van der Waals surface area contributed by atoms with Crippen molar-refractivity contribution < 1.29 is 8.42 Å². The van der Waals surface area contributed by atoms with E-state index in [-0.39, 0.29) is 0 Å². The lowest BCUT2D eigenvalue weighted by molar-refractivity contribution is 0.479. The Morgan fingerprint density at radius 1 is 1.16 bits per heavy atom. The van der Waals surface area contributed by atoms with Crippen molar-refractivity contribution in [2.24, 2.45) is 11.7 Å². The third kappa shape index (κ3) is 4.93. The third-order valence-corrected chi connectivity index (χ3v) is 4.82. The molecule has 5 heteroatoms. The molecule has 0 aliphatic rings. The molecular formula is C14H24N2O2S. The highest BCUT2D eigenvalue weighted by atomic mass is 32.2. The van der Waals surface area contributed by atoms with Crippen molar-refractivity contribution in [2.45, 2.75) is 38.0 Å². The van der Waals surface area contributed by atoms with Crippen LogP contribution in [0.3, 0.4) is 0 Å². The molecule has 0 heterocycles. The molecule has 4 nitrogen and oxygen atoms in total. The molecule has 1 rings (SSSR count). The maximum absolute atomic E-state index is 12.1. The Morgan fingerprint density at radius 2 is 1.74 bits per heavy atom. The zero-order valence-electron chi connectivity index (χ0n) is 11.7. The molecule has 0 fully saturated rings. The molecule has 0 atom stereocenters. The average molecular weight is 284 g/mol. The van der Waals surface area contributed by atoms with Crippen LogP contribution in [-0.2, 0) is 16.4 Å². The first-order chi connectivity index (χ1) is 9.03. The van der Waals surface area contributed by atoms with Crippen molar-refractivity contribution in [3.8, 4) is 0 Å². The Kier molecular flexibility index (Phi) is 6.48. The maximum atomic E-state index is 12.1. The van der Waals surface area contributed by atoms with Crippen LogP contribution >= 0.6 is 0 Å². The van der Waals surface area contributed by atoms with Crippen LogP contribution in [0.1, 0.15) is 32.3 Å². The smallest absolute Gasteiger partial charge is 0.240 e. The number of hydrogen-bond donors (Lipinski definition) is 2. The van der Waals surface area contributed by atoms with Crippen LogP contribution in [0.4, 0.5) is 0 Å². The van der Waals surface area contributed by atoms with Gasteiger partial charge in [-0.2, -0.15) is 0 Å². The topological polar surface area (TPSA) is 72.2 Å². The number of benzene rings is 1. The second kappa shape index (κ2) is 7.62. The Bertz CT molecular complexity index is 465. The highest BCUT2D eigenvalue weighted by Crippen LogP contribution is 2.12. The molecule has 1 aromatic rings. The summed E-state index contributed by atoms with van der Waals surface area (Å²) in [6, 6.07) is 6.91. The van der Waals surface area contributed by atoms with Crippen molar-refractivity contribution in [2.75, 3.05) is 13.1 Å². The van der Waals surface area contributed by atoms with Crippen LogP contribution in [0.2, 0.25) is 0 Å². The van der Waals surface area contributed by atoms with Gasteiger partial charge in [-0.1, -0.05) is 38.8 Å². The zero-order valence-corrected chi connectivity index (χ0v) is 12.5. The summed E-state index contributed by atoms with van der Waals surface area (Å²) in [6.45, 7) is 5.22. The number of nitrogens with one attached hydrogen (secondary N) is 1. The fraction of sp³-hybridized carbons (Fsp3) is 0.571. The van der Waals surface area contributed by atoms with E-state index in [0.717, 1.165) is 24.8 Å². The Labute approximate surface area is 116 Å². The molecule has 0 bridgehead atoms. The largest absolute Gasteiger partial charge is 0.330 e. The molecule has 0 radical (unpaired) electrons. The standard InChI is InChI=1S/C14H24N2O2S/c1-3-12(4-2)11-16-19(17,18)14-7-5-13(6-8-14)9-10-15/h5-8,12,16H,3-4,9-11,15H2,1-2H3. The van der Waals surface area contributed by atoms with E-state index in [1.54, 1.807) is 12.1 Å². The van der Waals surface area contributed by atoms with Gasteiger partial charge in [-0.25, -0.2) is 13.1 Å². The predicted molar refractivity (Wildman–Crippen MR) is 78.5 cm³/mol. The highest BCUT2D eigenvalue weighted by Gasteiger charge is 2.15. The van der Waals surface area contributed by atoms with Crippen LogP contribution in [0.5, 0.6) is 0 Å². The number of rotatable bonds is 8. The molecule has 0 amide bonds. The molecule has 19 heavy (non-hydrogen) atoms. The number of nitrogens with two attached hydrogens (primary N) is 1. The van der Waals surface area contributed by atoms with Crippen LogP contribution in [-0.4, -0.2) is 21.5 Å². The fourth-order valence-corrected chi connectivity index (χ4v) is 3.01. The molecule has 0 aromatic heterocycles. The lowest BCUT2D eigenvalue weighted by Gasteiger charge is -2.13. The second-order valence-corrected chi connectivity index (χ2v) is 6.48. The van der Waals surface area contributed by atoms with E-state index in [1.165, 1.54) is 0 Å². The van der Waals surface area contributed by atoms with Gasteiger partial charge < -0.3 is 5.73 Å². The van der Waals surface area contributed by atoms with Crippen molar-refractivity contribution in [1.29, 1.82) is 0 Å². The normalized spacial score (nSPS) is 12.0. The summed E-state index contributed by atoms with van der Waals surface area (Å²) in [5, 5.41) is 0. The van der Waals surface area contributed by atoms with Gasteiger partial charge in [-0.15, -0.1) is 0 Å². The van der Waals surface area contributed by atoms with E-state index in [1.807, 2.05) is 12.1 Å². The van der Waals surface area contributed by atoms with Gasteiger partial charge in [-0.3, -0.25) is 0 Å². The Hall–Kier alpha value is -0.910. The van der Waals surface area contributed by atoms with E-state index < -0.39 is 10.0 Å². The fourth-order valence-electron chi connectivity index (χ4n) is 1.89. The van der Waals surface area contributed by atoms with Gasteiger partial charge in [0.2, 0.25) is 10.0 Å². The number of hydrogen-bond acceptors (Lipinski definition) is 3. The van der Waals surface area contributed by atoms with Gasteiger partial charge >= 0.3 is 0 Å².